The van der Waals surface area contributed by atoms with Crippen molar-refractivity contribution in [3.05, 3.63) is 22.4 Å². The Morgan fingerprint density at radius 3 is 2.84 bits per heavy atom. The minimum atomic E-state index is -0.648. The van der Waals surface area contributed by atoms with E-state index >= 15 is 0 Å². The van der Waals surface area contributed by atoms with Crippen LogP contribution in [-0.2, 0) is 16.1 Å². The van der Waals surface area contributed by atoms with E-state index in [1.165, 1.54) is 4.88 Å². The minimum absolute atomic E-state index is 0.0791. The maximum absolute atomic E-state index is 12.6. The summed E-state index contributed by atoms with van der Waals surface area (Å²) >= 11 is 1.67. The molecule has 0 spiro atoms. The summed E-state index contributed by atoms with van der Waals surface area (Å²) in [5.41, 5.74) is 5.63. The smallest absolute Gasteiger partial charge is 0.243 e. The SMILES string of the molecule is COCCN(Cc1cccs1)C(=O)C1(N)CCCC1. The van der Waals surface area contributed by atoms with Gasteiger partial charge in [0, 0.05) is 18.5 Å². The van der Waals surface area contributed by atoms with E-state index in [9.17, 15) is 4.79 Å². The summed E-state index contributed by atoms with van der Waals surface area (Å²) in [5, 5.41) is 2.03. The van der Waals surface area contributed by atoms with E-state index in [2.05, 4.69) is 6.07 Å². The molecule has 1 fully saturated rings. The van der Waals surface area contributed by atoms with Gasteiger partial charge in [-0.2, -0.15) is 0 Å². The summed E-state index contributed by atoms with van der Waals surface area (Å²) in [7, 11) is 1.65. The second kappa shape index (κ2) is 6.50. The van der Waals surface area contributed by atoms with Gasteiger partial charge in [0.1, 0.15) is 0 Å². The van der Waals surface area contributed by atoms with Crippen LogP contribution in [0.2, 0.25) is 0 Å². The Morgan fingerprint density at radius 2 is 2.26 bits per heavy atom. The second-order valence-electron chi connectivity index (χ2n) is 5.16. The van der Waals surface area contributed by atoms with Gasteiger partial charge in [-0.25, -0.2) is 0 Å². The molecular formula is C14H22N2O2S. The maximum Gasteiger partial charge on any atom is 0.243 e. The number of methoxy groups -OCH3 is 1. The van der Waals surface area contributed by atoms with Gasteiger partial charge in [0.05, 0.1) is 18.7 Å². The molecule has 1 heterocycles. The van der Waals surface area contributed by atoms with Gasteiger partial charge in [-0.3, -0.25) is 4.79 Å². The lowest BCUT2D eigenvalue weighted by Gasteiger charge is -2.31. The minimum Gasteiger partial charge on any atom is -0.383 e. The molecule has 0 atom stereocenters. The van der Waals surface area contributed by atoms with Crippen molar-refractivity contribution in [2.24, 2.45) is 5.73 Å². The zero-order valence-electron chi connectivity index (χ0n) is 11.4. The fourth-order valence-electron chi connectivity index (χ4n) is 2.58. The molecule has 1 saturated carbocycles. The molecule has 0 aliphatic heterocycles. The van der Waals surface area contributed by atoms with Crippen LogP contribution in [0.15, 0.2) is 17.5 Å². The number of rotatable bonds is 6. The van der Waals surface area contributed by atoms with Gasteiger partial charge in [0.2, 0.25) is 5.91 Å². The van der Waals surface area contributed by atoms with Crippen LogP contribution in [0.4, 0.5) is 0 Å². The first-order valence-corrected chi connectivity index (χ1v) is 7.63. The van der Waals surface area contributed by atoms with Crippen LogP contribution in [0.25, 0.3) is 0 Å². The van der Waals surface area contributed by atoms with E-state index in [1.807, 2.05) is 16.3 Å². The normalized spacial score (nSPS) is 17.6. The number of nitrogens with two attached hydrogens (primary N) is 1. The molecule has 2 rings (SSSR count). The van der Waals surface area contributed by atoms with Gasteiger partial charge in [-0.05, 0) is 24.3 Å². The molecule has 1 aromatic rings. The van der Waals surface area contributed by atoms with E-state index in [1.54, 1.807) is 18.4 Å². The van der Waals surface area contributed by atoms with Crippen LogP contribution < -0.4 is 5.73 Å². The molecule has 0 saturated heterocycles. The molecule has 1 aliphatic carbocycles. The third-order valence-electron chi connectivity index (χ3n) is 3.70. The Balaban J connectivity index is 2.05. The van der Waals surface area contributed by atoms with Crippen molar-refractivity contribution in [2.75, 3.05) is 20.3 Å². The zero-order valence-corrected chi connectivity index (χ0v) is 12.2. The van der Waals surface area contributed by atoms with Gasteiger partial charge >= 0.3 is 0 Å². The number of hydrogen-bond acceptors (Lipinski definition) is 4. The Morgan fingerprint density at radius 1 is 1.53 bits per heavy atom. The summed E-state index contributed by atoms with van der Waals surface area (Å²) in [4.78, 5) is 15.7. The van der Waals surface area contributed by atoms with Crippen LogP contribution in [0.1, 0.15) is 30.6 Å². The number of hydrogen-bond donors (Lipinski definition) is 1. The molecule has 0 unspecified atom stereocenters. The third-order valence-corrected chi connectivity index (χ3v) is 4.56. The fraction of sp³-hybridized carbons (Fsp3) is 0.643. The molecule has 0 radical (unpaired) electrons. The van der Waals surface area contributed by atoms with Crippen LogP contribution in [0.5, 0.6) is 0 Å². The van der Waals surface area contributed by atoms with Crippen molar-refractivity contribution >= 4 is 17.2 Å². The highest BCUT2D eigenvalue weighted by atomic mass is 32.1. The fourth-order valence-corrected chi connectivity index (χ4v) is 3.30. The standard InChI is InChI=1S/C14H22N2O2S/c1-18-9-8-16(11-12-5-4-10-19-12)13(17)14(15)6-2-3-7-14/h4-5,10H,2-3,6-9,11,15H2,1H3. The lowest BCUT2D eigenvalue weighted by molar-refractivity contribution is -0.138. The van der Waals surface area contributed by atoms with Crippen molar-refractivity contribution in [1.82, 2.24) is 4.90 Å². The lowest BCUT2D eigenvalue weighted by atomic mass is 9.97. The van der Waals surface area contributed by atoms with E-state index in [0.29, 0.717) is 19.7 Å². The average molecular weight is 282 g/mol. The predicted molar refractivity (Wildman–Crippen MR) is 77.0 cm³/mol. The van der Waals surface area contributed by atoms with E-state index in [-0.39, 0.29) is 5.91 Å². The first kappa shape index (κ1) is 14.5. The number of thiophene rings is 1. The zero-order chi connectivity index (χ0) is 13.7. The monoisotopic (exact) mass is 282 g/mol. The molecule has 0 bridgehead atoms. The van der Waals surface area contributed by atoms with Crippen molar-refractivity contribution in [1.29, 1.82) is 0 Å². The van der Waals surface area contributed by atoms with E-state index < -0.39 is 5.54 Å². The number of carbonyl (C=O) groups is 1. The summed E-state index contributed by atoms with van der Waals surface area (Å²) in [5.74, 6) is 0.0791. The van der Waals surface area contributed by atoms with Gasteiger partial charge in [0.15, 0.2) is 0 Å². The first-order chi connectivity index (χ1) is 9.15. The topological polar surface area (TPSA) is 55.6 Å². The highest BCUT2D eigenvalue weighted by Crippen LogP contribution is 2.29. The Kier molecular flexibility index (Phi) is 4.96. The summed E-state index contributed by atoms with van der Waals surface area (Å²) in [6.45, 7) is 1.79. The summed E-state index contributed by atoms with van der Waals surface area (Å²) < 4.78 is 5.11. The molecule has 2 N–H and O–H groups in total. The molecular weight excluding hydrogens is 260 g/mol. The Hall–Kier alpha value is -0.910. The molecule has 1 aliphatic rings. The van der Waals surface area contributed by atoms with Crippen molar-refractivity contribution in [3.63, 3.8) is 0 Å². The van der Waals surface area contributed by atoms with Gasteiger partial charge in [-0.1, -0.05) is 18.9 Å². The lowest BCUT2D eigenvalue weighted by Crippen LogP contribution is -2.53. The number of amides is 1. The number of ether oxygens (including phenoxy) is 1. The van der Waals surface area contributed by atoms with E-state index in [0.717, 1.165) is 25.7 Å². The van der Waals surface area contributed by atoms with Crippen molar-refractivity contribution < 1.29 is 9.53 Å². The van der Waals surface area contributed by atoms with Crippen molar-refractivity contribution in [2.45, 2.75) is 37.8 Å². The summed E-state index contributed by atoms with van der Waals surface area (Å²) in [6, 6.07) is 4.06. The second-order valence-corrected chi connectivity index (χ2v) is 6.19. The molecule has 19 heavy (non-hydrogen) atoms. The Labute approximate surface area is 118 Å². The van der Waals surface area contributed by atoms with Crippen molar-refractivity contribution in [3.8, 4) is 0 Å². The number of carbonyl (C=O) groups excluding carboxylic acids is 1. The molecule has 0 aromatic carbocycles. The molecule has 1 aromatic heterocycles. The van der Waals surface area contributed by atoms with Gasteiger partial charge in [-0.15, -0.1) is 11.3 Å². The highest BCUT2D eigenvalue weighted by Gasteiger charge is 2.39. The quantitative estimate of drug-likeness (QED) is 0.868. The van der Waals surface area contributed by atoms with Gasteiger partial charge in [0.25, 0.3) is 0 Å². The predicted octanol–water partition coefficient (Wildman–Crippen LogP) is 1.99. The highest BCUT2D eigenvalue weighted by molar-refractivity contribution is 7.09. The average Bonchev–Trinajstić information content (AvgIpc) is 3.06. The largest absolute Gasteiger partial charge is 0.383 e. The van der Waals surface area contributed by atoms with Gasteiger partial charge < -0.3 is 15.4 Å². The van der Waals surface area contributed by atoms with Crippen LogP contribution in [0, 0.1) is 0 Å². The van der Waals surface area contributed by atoms with E-state index in [4.69, 9.17) is 10.5 Å². The van der Waals surface area contributed by atoms with Crippen LogP contribution in [-0.4, -0.2) is 36.6 Å². The summed E-state index contributed by atoms with van der Waals surface area (Å²) in [6.07, 6.45) is 3.72. The molecule has 4 nitrogen and oxygen atoms in total. The Bertz CT molecular complexity index is 400. The molecule has 5 heteroatoms. The van der Waals surface area contributed by atoms with Crippen LogP contribution >= 0.6 is 11.3 Å². The first-order valence-electron chi connectivity index (χ1n) is 6.75. The molecule has 106 valence electrons. The van der Waals surface area contributed by atoms with Crippen LogP contribution in [0.3, 0.4) is 0 Å². The third kappa shape index (κ3) is 3.55. The number of nitrogens with zero attached hydrogens (tertiary/aromatic N) is 1. The maximum atomic E-state index is 12.6. The molecule has 1 amide bonds.